The molecule has 0 spiro atoms. The molecule has 0 aliphatic carbocycles. The molecule has 2 N–H and O–H groups in total. The molecule has 36 heavy (non-hydrogen) atoms. The lowest BCUT2D eigenvalue weighted by Gasteiger charge is -2.45. The van der Waals surface area contributed by atoms with Crippen LogP contribution in [0.3, 0.4) is 0 Å². The third-order valence-corrected chi connectivity index (χ3v) is 7.99. The lowest BCUT2D eigenvalue weighted by atomic mass is 9.78. The van der Waals surface area contributed by atoms with E-state index >= 15 is 0 Å². The van der Waals surface area contributed by atoms with Crippen molar-refractivity contribution >= 4 is 18.7 Å². The Labute approximate surface area is 214 Å². The van der Waals surface area contributed by atoms with Gasteiger partial charge in [-0.1, -0.05) is 54.6 Å². The molecule has 2 fully saturated rings. The van der Waals surface area contributed by atoms with Gasteiger partial charge in [0.1, 0.15) is 5.60 Å². The van der Waals surface area contributed by atoms with Crippen LogP contribution in [0.25, 0.3) is 0 Å². The molecule has 2 saturated heterocycles. The van der Waals surface area contributed by atoms with Gasteiger partial charge in [-0.05, 0) is 58.1 Å². The number of aliphatic hydroxyl groups is 2. The fourth-order valence-electron chi connectivity index (χ4n) is 4.95. The van der Waals surface area contributed by atoms with Crippen molar-refractivity contribution in [1.29, 1.82) is 0 Å². The van der Waals surface area contributed by atoms with Crippen LogP contribution in [0, 0.1) is 0 Å². The molecule has 0 saturated carbocycles. The van der Waals surface area contributed by atoms with Crippen molar-refractivity contribution in [1.82, 2.24) is 4.90 Å². The molecule has 4 rings (SSSR count). The summed E-state index contributed by atoms with van der Waals surface area (Å²) in [6, 6.07) is 17.2. The number of ether oxygens (including phenoxy) is 1. The topological polar surface area (TPSA) is 88.5 Å². The highest BCUT2D eigenvalue weighted by molar-refractivity contribution is 6.62. The van der Waals surface area contributed by atoms with Crippen molar-refractivity contribution in [3.63, 3.8) is 0 Å². The number of hydrogen-bond donors (Lipinski definition) is 2. The first-order valence-corrected chi connectivity index (χ1v) is 12.6. The van der Waals surface area contributed by atoms with E-state index in [1.165, 1.54) is 0 Å². The van der Waals surface area contributed by atoms with Gasteiger partial charge in [-0.3, -0.25) is 0 Å². The first-order chi connectivity index (χ1) is 16.8. The number of benzene rings is 2. The number of amides is 1. The number of carbonyl (C=O) groups excluding carboxylic acids is 1. The Bertz CT molecular complexity index is 1060. The molecule has 1 amide bonds. The summed E-state index contributed by atoms with van der Waals surface area (Å²) in [5, 5.41) is 20.3. The molecule has 3 atom stereocenters. The summed E-state index contributed by atoms with van der Waals surface area (Å²) in [4.78, 5) is 15.0. The fraction of sp³-hybridized carbons (Fsp3) is 0.536. The van der Waals surface area contributed by atoms with Gasteiger partial charge in [0, 0.05) is 19.4 Å². The quantitative estimate of drug-likeness (QED) is 0.567. The fourth-order valence-corrected chi connectivity index (χ4v) is 4.95. The first-order valence-electron chi connectivity index (χ1n) is 12.6. The largest absolute Gasteiger partial charge is 0.494 e. The van der Waals surface area contributed by atoms with Gasteiger partial charge in [0.15, 0.2) is 0 Å². The minimum Gasteiger partial charge on any atom is -0.438 e. The Morgan fingerprint density at radius 2 is 1.61 bits per heavy atom. The number of cyclic esters (lactones) is 1. The van der Waals surface area contributed by atoms with Crippen molar-refractivity contribution in [3.8, 4) is 0 Å². The van der Waals surface area contributed by atoms with E-state index in [1.54, 1.807) is 11.8 Å². The summed E-state index contributed by atoms with van der Waals surface area (Å²) in [6.45, 7) is 11.7. The van der Waals surface area contributed by atoms with Gasteiger partial charge in [0.2, 0.25) is 0 Å². The maximum Gasteiger partial charge on any atom is 0.494 e. The molecule has 0 bridgehead atoms. The van der Waals surface area contributed by atoms with Gasteiger partial charge < -0.3 is 29.2 Å². The molecule has 2 unspecified atom stereocenters. The van der Waals surface area contributed by atoms with E-state index in [4.69, 9.17) is 14.0 Å². The zero-order chi connectivity index (χ0) is 26.4. The molecule has 0 radical (unpaired) electrons. The number of rotatable bonds is 7. The highest BCUT2D eigenvalue weighted by Gasteiger charge is 2.52. The van der Waals surface area contributed by atoms with Gasteiger partial charge in [-0.2, -0.15) is 0 Å². The van der Waals surface area contributed by atoms with E-state index in [9.17, 15) is 15.0 Å². The van der Waals surface area contributed by atoms with Crippen LogP contribution < -0.4 is 5.46 Å². The third kappa shape index (κ3) is 5.05. The third-order valence-electron chi connectivity index (χ3n) is 7.99. The summed E-state index contributed by atoms with van der Waals surface area (Å²) in [7, 11) is -0.440. The molecule has 2 heterocycles. The van der Waals surface area contributed by atoms with Gasteiger partial charge in [0.05, 0.1) is 29.5 Å². The molecule has 7 nitrogen and oxygen atoms in total. The zero-order valence-corrected chi connectivity index (χ0v) is 22.2. The summed E-state index contributed by atoms with van der Waals surface area (Å²) >= 11 is 0. The number of aliphatic hydroxyl groups excluding tert-OH is 1. The van der Waals surface area contributed by atoms with Crippen LogP contribution in [0.1, 0.15) is 71.6 Å². The van der Waals surface area contributed by atoms with Crippen molar-refractivity contribution in [2.24, 2.45) is 0 Å². The second-order valence-electron chi connectivity index (χ2n) is 11.4. The van der Waals surface area contributed by atoms with Crippen LogP contribution in [0.4, 0.5) is 4.79 Å². The van der Waals surface area contributed by atoms with Crippen LogP contribution in [0.5, 0.6) is 0 Å². The Hall–Kier alpha value is -2.39. The van der Waals surface area contributed by atoms with Gasteiger partial charge in [-0.25, -0.2) is 4.79 Å². The minimum absolute atomic E-state index is 0.108. The molecule has 2 aliphatic rings. The lowest BCUT2D eigenvalue weighted by molar-refractivity contribution is -0.117. The summed E-state index contributed by atoms with van der Waals surface area (Å²) in [6.07, 6.45) is 0.161. The van der Waals surface area contributed by atoms with Crippen LogP contribution in [0.2, 0.25) is 0 Å². The average Bonchev–Trinajstić information content (AvgIpc) is 3.06. The monoisotopic (exact) mass is 495 g/mol. The highest BCUT2D eigenvalue weighted by atomic mass is 16.7. The van der Waals surface area contributed by atoms with Crippen LogP contribution in [-0.4, -0.2) is 58.3 Å². The second-order valence-corrected chi connectivity index (χ2v) is 11.4. The maximum absolute atomic E-state index is 13.3. The van der Waals surface area contributed by atoms with E-state index < -0.39 is 42.2 Å². The predicted molar refractivity (Wildman–Crippen MR) is 139 cm³/mol. The average molecular weight is 495 g/mol. The molecule has 2 aromatic carbocycles. The van der Waals surface area contributed by atoms with Crippen molar-refractivity contribution < 1.29 is 29.1 Å². The summed E-state index contributed by atoms with van der Waals surface area (Å²) in [5.41, 5.74) is -0.498. The highest BCUT2D eigenvalue weighted by Crippen LogP contribution is 2.42. The van der Waals surface area contributed by atoms with Gasteiger partial charge in [-0.15, -0.1) is 0 Å². The van der Waals surface area contributed by atoms with E-state index in [2.05, 4.69) is 0 Å². The summed E-state index contributed by atoms with van der Waals surface area (Å²) in [5.74, 6) is 0. The first kappa shape index (κ1) is 26.7. The molecular weight excluding hydrogens is 457 g/mol. The number of carbonyl (C=O) groups is 1. The lowest BCUT2D eigenvalue weighted by Crippen LogP contribution is -2.52. The Kier molecular flexibility index (Phi) is 7.03. The molecular formula is C28H38BNO6. The Morgan fingerprint density at radius 3 is 2.14 bits per heavy atom. The molecule has 8 heteroatoms. The van der Waals surface area contributed by atoms with E-state index in [1.807, 2.05) is 89.2 Å². The molecule has 2 aromatic rings. The van der Waals surface area contributed by atoms with E-state index in [0.29, 0.717) is 13.0 Å². The SMILES string of the molecule is C[C@@H](c1ccc(B2OC(C)(C)C(C)(C)O2)cc1)N1CCC(CC(C)(O)CO)(c2ccccc2)OC1=O. The zero-order valence-electron chi connectivity index (χ0n) is 22.2. The van der Waals surface area contributed by atoms with Crippen molar-refractivity contribution in [3.05, 3.63) is 65.7 Å². The Balaban J connectivity index is 1.50. The van der Waals surface area contributed by atoms with E-state index in [-0.39, 0.29) is 12.5 Å². The number of hydrogen-bond acceptors (Lipinski definition) is 6. The minimum atomic E-state index is -1.38. The van der Waals surface area contributed by atoms with E-state index in [0.717, 1.165) is 16.6 Å². The molecule has 194 valence electrons. The normalized spacial score (nSPS) is 25.8. The van der Waals surface area contributed by atoms with Gasteiger partial charge >= 0.3 is 13.2 Å². The standard InChI is InChI=1S/C28H38BNO6/c1-20(21-12-14-23(15-13-21)29-35-25(2,3)26(4,5)36-29)30-17-16-28(34-24(30)32,18-27(6,33)19-31)22-10-8-7-9-11-22/h7-15,20,31,33H,16-19H2,1-6H3/t20-,27?,28?/m0/s1. The summed E-state index contributed by atoms with van der Waals surface area (Å²) < 4.78 is 18.4. The maximum atomic E-state index is 13.3. The predicted octanol–water partition coefficient (Wildman–Crippen LogP) is 3.92. The van der Waals surface area contributed by atoms with Crippen LogP contribution >= 0.6 is 0 Å². The smallest absolute Gasteiger partial charge is 0.438 e. The van der Waals surface area contributed by atoms with Crippen molar-refractivity contribution in [2.45, 2.75) is 82.8 Å². The second kappa shape index (κ2) is 9.49. The van der Waals surface area contributed by atoms with Crippen LogP contribution in [-0.2, 0) is 19.6 Å². The molecule has 2 aliphatic heterocycles. The van der Waals surface area contributed by atoms with Gasteiger partial charge in [0.25, 0.3) is 0 Å². The number of nitrogens with zero attached hydrogens (tertiary/aromatic N) is 1. The van der Waals surface area contributed by atoms with Crippen molar-refractivity contribution in [2.75, 3.05) is 13.2 Å². The Morgan fingerprint density at radius 1 is 1.03 bits per heavy atom. The van der Waals surface area contributed by atoms with Crippen LogP contribution in [0.15, 0.2) is 54.6 Å². The molecule has 0 aromatic heterocycles.